The molecule has 0 aliphatic rings. The number of aryl methyl sites for hydroxylation is 3. The van der Waals surface area contributed by atoms with Gasteiger partial charge in [-0.25, -0.2) is 0 Å². The Hall–Kier alpha value is -1.73. The molecule has 3 rings (SSSR count). The van der Waals surface area contributed by atoms with E-state index in [0.717, 1.165) is 35.1 Å². The number of hydrogen-bond donors (Lipinski definition) is 0. The molecule has 0 fully saturated rings. The Morgan fingerprint density at radius 1 is 1.00 bits per heavy atom. The van der Waals surface area contributed by atoms with Crippen LogP contribution in [-0.2, 0) is 12.8 Å². The monoisotopic (exact) mass is 270 g/mol. The van der Waals surface area contributed by atoms with Crippen molar-refractivity contribution >= 4 is 22.6 Å². The summed E-state index contributed by atoms with van der Waals surface area (Å²) in [5, 5.41) is 1.79. The second-order valence-electron chi connectivity index (χ2n) is 4.86. The van der Waals surface area contributed by atoms with E-state index in [0.29, 0.717) is 5.02 Å². The second-order valence-corrected chi connectivity index (χ2v) is 5.27. The van der Waals surface area contributed by atoms with Gasteiger partial charge in [0.05, 0.1) is 5.02 Å². The van der Waals surface area contributed by atoms with Crippen molar-refractivity contribution in [2.24, 2.45) is 0 Å². The van der Waals surface area contributed by atoms with Crippen LogP contribution in [0.2, 0.25) is 5.02 Å². The fourth-order valence-electron chi connectivity index (χ4n) is 2.34. The zero-order valence-corrected chi connectivity index (χ0v) is 11.6. The minimum atomic E-state index is 0.695. The van der Waals surface area contributed by atoms with Crippen molar-refractivity contribution in [1.29, 1.82) is 0 Å². The lowest BCUT2D eigenvalue weighted by atomic mass is 10.1. The van der Waals surface area contributed by atoms with Crippen molar-refractivity contribution in [2.75, 3.05) is 0 Å². The summed E-state index contributed by atoms with van der Waals surface area (Å²) in [5.74, 6) is 0.992. The van der Waals surface area contributed by atoms with E-state index in [1.54, 1.807) is 0 Å². The molecule has 2 heteroatoms. The molecular formula is C17H15ClO. The standard InChI is InChI=1S/C17H15ClO/c1-12-9-14-11-15(19-17(14)16(18)10-12)8-7-13-5-3-2-4-6-13/h2-6,9-11H,7-8H2,1H3. The minimum Gasteiger partial charge on any atom is -0.459 e. The maximum atomic E-state index is 6.20. The SMILES string of the molecule is Cc1cc(Cl)c2oc(CCc3ccccc3)cc2c1. The van der Waals surface area contributed by atoms with E-state index in [-0.39, 0.29) is 0 Å². The van der Waals surface area contributed by atoms with Crippen molar-refractivity contribution in [1.82, 2.24) is 0 Å². The molecular weight excluding hydrogens is 256 g/mol. The van der Waals surface area contributed by atoms with E-state index in [1.807, 2.05) is 19.1 Å². The van der Waals surface area contributed by atoms with Gasteiger partial charge in [0.25, 0.3) is 0 Å². The number of benzene rings is 2. The Kier molecular flexibility index (Phi) is 3.31. The first-order chi connectivity index (χ1) is 9.22. The average molecular weight is 271 g/mol. The molecule has 0 aliphatic carbocycles. The summed E-state index contributed by atoms with van der Waals surface area (Å²) in [4.78, 5) is 0. The lowest BCUT2D eigenvalue weighted by molar-refractivity contribution is 0.547. The van der Waals surface area contributed by atoms with Crippen molar-refractivity contribution in [3.8, 4) is 0 Å². The number of halogens is 1. The molecule has 1 aromatic heterocycles. The lowest BCUT2D eigenvalue weighted by Crippen LogP contribution is -1.88. The smallest absolute Gasteiger partial charge is 0.152 e. The summed E-state index contributed by atoms with van der Waals surface area (Å²) in [6, 6.07) is 16.6. The maximum Gasteiger partial charge on any atom is 0.152 e. The highest BCUT2D eigenvalue weighted by Gasteiger charge is 2.08. The van der Waals surface area contributed by atoms with Crippen LogP contribution in [0.25, 0.3) is 11.0 Å². The summed E-state index contributed by atoms with van der Waals surface area (Å²) in [5.41, 5.74) is 3.29. The third kappa shape index (κ3) is 2.66. The number of hydrogen-bond acceptors (Lipinski definition) is 1. The minimum absolute atomic E-state index is 0.695. The molecule has 3 aromatic rings. The summed E-state index contributed by atoms with van der Waals surface area (Å²) in [7, 11) is 0. The topological polar surface area (TPSA) is 13.1 Å². The van der Waals surface area contributed by atoms with Crippen molar-refractivity contribution in [3.05, 3.63) is 70.4 Å². The Bertz CT molecular complexity index is 698. The third-order valence-electron chi connectivity index (χ3n) is 3.27. The molecule has 0 aliphatic heterocycles. The van der Waals surface area contributed by atoms with E-state index >= 15 is 0 Å². The predicted molar refractivity (Wildman–Crippen MR) is 79.8 cm³/mol. The molecule has 0 saturated carbocycles. The molecule has 0 atom stereocenters. The van der Waals surface area contributed by atoms with Gasteiger partial charge < -0.3 is 4.42 Å². The maximum absolute atomic E-state index is 6.20. The highest BCUT2D eigenvalue weighted by molar-refractivity contribution is 6.34. The van der Waals surface area contributed by atoms with Crippen LogP contribution in [0.1, 0.15) is 16.9 Å². The van der Waals surface area contributed by atoms with Gasteiger partial charge in [-0.15, -0.1) is 0 Å². The molecule has 0 saturated heterocycles. The molecule has 1 heterocycles. The highest BCUT2D eigenvalue weighted by atomic mass is 35.5. The largest absolute Gasteiger partial charge is 0.459 e. The number of rotatable bonds is 3. The van der Waals surface area contributed by atoms with Crippen LogP contribution in [-0.4, -0.2) is 0 Å². The van der Waals surface area contributed by atoms with Gasteiger partial charge in [-0.3, -0.25) is 0 Å². The van der Waals surface area contributed by atoms with Crippen LogP contribution in [0.5, 0.6) is 0 Å². The number of fused-ring (bicyclic) bond motifs is 1. The summed E-state index contributed by atoms with van der Waals surface area (Å²) >= 11 is 6.20. The fraction of sp³-hybridized carbons (Fsp3) is 0.176. The molecule has 0 unspecified atom stereocenters. The molecule has 0 N–H and O–H groups in total. The van der Waals surface area contributed by atoms with E-state index in [9.17, 15) is 0 Å². The number of furan rings is 1. The predicted octanol–water partition coefficient (Wildman–Crippen LogP) is 5.18. The quantitative estimate of drug-likeness (QED) is 0.639. The van der Waals surface area contributed by atoms with Gasteiger partial charge in [0.2, 0.25) is 0 Å². The second kappa shape index (κ2) is 5.10. The first-order valence-electron chi connectivity index (χ1n) is 6.45. The Balaban J connectivity index is 1.84. The van der Waals surface area contributed by atoms with Crippen LogP contribution < -0.4 is 0 Å². The van der Waals surface area contributed by atoms with Crippen LogP contribution in [0.15, 0.2) is 52.9 Å². The van der Waals surface area contributed by atoms with Gasteiger partial charge in [-0.1, -0.05) is 41.9 Å². The molecule has 2 aromatic carbocycles. The molecule has 19 heavy (non-hydrogen) atoms. The normalized spacial score (nSPS) is 11.1. The molecule has 0 spiro atoms. The van der Waals surface area contributed by atoms with Gasteiger partial charge in [0, 0.05) is 11.8 Å². The lowest BCUT2D eigenvalue weighted by Gasteiger charge is -1.98. The molecule has 1 nitrogen and oxygen atoms in total. The molecule has 0 radical (unpaired) electrons. The molecule has 0 amide bonds. The van der Waals surface area contributed by atoms with E-state index in [1.165, 1.54) is 5.56 Å². The highest BCUT2D eigenvalue weighted by Crippen LogP contribution is 2.28. The Labute approximate surface area is 117 Å². The first-order valence-corrected chi connectivity index (χ1v) is 6.83. The van der Waals surface area contributed by atoms with Gasteiger partial charge in [-0.05, 0) is 42.7 Å². The van der Waals surface area contributed by atoms with Crippen molar-refractivity contribution < 1.29 is 4.42 Å². The van der Waals surface area contributed by atoms with Crippen molar-refractivity contribution in [3.63, 3.8) is 0 Å². The zero-order chi connectivity index (χ0) is 13.2. The molecule has 96 valence electrons. The van der Waals surface area contributed by atoms with E-state index < -0.39 is 0 Å². The van der Waals surface area contributed by atoms with Crippen LogP contribution in [0.3, 0.4) is 0 Å². The van der Waals surface area contributed by atoms with Crippen LogP contribution in [0.4, 0.5) is 0 Å². The van der Waals surface area contributed by atoms with Crippen LogP contribution >= 0.6 is 11.6 Å². The van der Waals surface area contributed by atoms with E-state index in [4.69, 9.17) is 16.0 Å². The summed E-state index contributed by atoms with van der Waals surface area (Å²) in [6.07, 6.45) is 1.88. The third-order valence-corrected chi connectivity index (χ3v) is 3.55. The van der Waals surface area contributed by atoms with Crippen LogP contribution in [0, 0.1) is 6.92 Å². The van der Waals surface area contributed by atoms with Gasteiger partial charge in [0.15, 0.2) is 5.58 Å². The Morgan fingerprint density at radius 2 is 1.79 bits per heavy atom. The summed E-state index contributed by atoms with van der Waals surface area (Å²) in [6.45, 7) is 2.04. The average Bonchev–Trinajstić information content (AvgIpc) is 2.81. The zero-order valence-electron chi connectivity index (χ0n) is 10.8. The van der Waals surface area contributed by atoms with Gasteiger partial charge in [0.1, 0.15) is 5.76 Å². The Morgan fingerprint density at radius 3 is 2.58 bits per heavy atom. The van der Waals surface area contributed by atoms with Gasteiger partial charge >= 0.3 is 0 Å². The summed E-state index contributed by atoms with van der Waals surface area (Å²) < 4.78 is 5.84. The van der Waals surface area contributed by atoms with E-state index in [2.05, 4.69) is 36.4 Å². The molecule has 0 bridgehead atoms. The first kappa shape index (κ1) is 12.3. The van der Waals surface area contributed by atoms with Gasteiger partial charge in [-0.2, -0.15) is 0 Å². The fourth-order valence-corrected chi connectivity index (χ4v) is 2.66. The van der Waals surface area contributed by atoms with Crippen molar-refractivity contribution in [2.45, 2.75) is 19.8 Å².